The van der Waals surface area contributed by atoms with Gasteiger partial charge in [-0.15, -0.1) is 12.1 Å². The molecule has 0 amide bonds. The molecule has 0 aliphatic rings. The van der Waals surface area contributed by atoms with E-state index in [1.165, 1.54) is 7.11 Å². The van der Waals surface area contributed by atoms with Crippen molar-refractivity contribution in [3.63, 3.8) is 0 Å². The Bertz CT molecular complexity index is 496. The van der Waals surface area contributed by atoms with Gasteiger partial charge < -0.3 is 22.4 Å². The van der Waals surface area contributed by atoms with E-state index < -0.39 is 19.1 Å². The second kappa shape index (κ2) is 8.06. The van der Waals surface area contributed by atoms with Gasteiger partial charge in [0.15, 0.2) is 0 Å². The molecule has 0 radical (unpaired) electrons. The maximum Gasteiger partial charge on any atom is 1.00 e. The van der Waals surface area contributed by atoms with Crippen LogP contribution in [0.4, 0.5) is 12.9 Å². The number of benzene rings is 1. The van der Waals surface area contributed by atoms with Gasteiger partial charge in [0, 0.05) is 5.56 Å². The Morgan fingerprint density at radius 3 is 2.24 bits per heavy atom. The average molecular weight is 326 g/mol. The van der Waals surface area contributed by atoms with Crippen molar-refractivity contribution in [1.29, 1.82) is 0 Å². The molecule has 0 fully saturated rings. The molecule has 0 aliphatic heterocycles. The number of hydrogen-bond acceptors (Lipinski definition) is 2. The number of hydrogen-bond donors (Lipinski definition) is 0. The SMILES string of the molecule is C=C(COc1ccc(OC)cc1C(C)(C)C)[B-](F)(F)F.[K+]. The summed E-state index contributed by atoms with van der Waals surface area (Å²) in [5, 5.41) is 0. The average Bonchev–Trinajstić information content (AvgIpc) is 2.33. The van der Waals surface area contributed by atoms with Gasteiger partial charge in [0.25, 0.3) is 0 Å². The van der Waals surface area contributed by atoms with Gasteiger partial charge in [-0.1, -0.05) is 20.8 Å². The van der Waals surface area contributed by atoms with E-state index >= 15 is 0 Å². The molecule has 0 atom stereocenters. The molecule has 1 rings (SSSR count). The van der Waals surface area contributed by atoms with Crippen LogP contribution >= 0.6 is 0 Å². The van der Waals surface area contributed by atoms with Gasteiger partial charge in [0.05, 0.1) is 13.7 Å². The van der Waals surface area contributed by atoms with Crippen LogP contribution in [0.25, 0.3) is 0 Å². The standard InChI is InChI=1S/C14H19BF3O2.K/c1-10(15(16,17)18)9-20-13-7-6-11(19-5)8-12(13)14(2,3)4;/h6-8H,1,9H2,2-5H3;/q-1;+1. The van der Waals surface area contributed by atoms with Crippen molar-refractivity contribution < 1.29 is 73.8 Å². The third kappa shape index (κ3) is 6.36. The molecule has 0 aliphatic carbocycles. The fraction of sp³-hybridized carbons (Fsp3) is 0.429. The summed E-state index contributed by atoms with van der Waals surface area (Å²) in [6.45, 7) is 3.26. The summed E-state index contributed by atoms with van der Waals surface area (Å²) < 4.78 is 47.8. The Labute approximate surface area is 166 Å². The van der Waals surface area contributed by atoms with E-state index in [2.05, 4.69) is 6.58 Å². The topological polar surface area (TPSA) is 18.5 Å². The predicted molar refractivity (Wildman–Crippen MR) is 75.4 cm³/mol. The zero-order valence-electron chi connectivity index (χ0n) is 13.2. The molecular formula is C14H19BF3KO2. The summed E-state index contributed by atoms with van der Waals surface area (Å²) in [7, 11) is 1.54. The van der Waals surface area contributed by atoms with E-state index in [1.807, 2.05) is 20.8 Å². The van der Waals surface area contributed by atoms with Crippen molar-refractivity contribution in [2.45, 2.75) is 26.2 Å². The van der Waals surface area contributed by atoms with Crippen molar-refractivity contribution in [1.82, 2.24) is 0 Å². The number of rotatable bonds is 5. The van der Waals surface area contributed by atoms with E-state index in [-0.39, 0.29) is 56.8 Å². The van der Waals surface area contributed by atoms with Gasteiger partial charge in [0.2, 0.25) is 0 Å². The van der Waals surface area contributed by atoms with Crippen LogP contribution in [0.5, 0.6) is 11.5 Å². The molecule has 7 heteroatoms. The van der Waals surface area contributed by atoms with E-state index in [1.54, 1.807) is 18.2 Å². The van der Waals surface area contributed by atoms with Crippen LogP contribution in [0.1, 0.15) is 26.3 Å². The summed E-state index contributed by atoms with van der Waals surface area (Å²) in [5.41, 5.74) is -0.325. The fourth-order valence-corrected chi connectivity index (χ4v) is 1.61. The Hall–Kier alpha value is 0.0513. The summed E-state index contributed by atoms with van der Waals surface area (Å²) in [6, 6.07) is 5.05. The normalized spacial score (nSPS) is 11.6. The largest absolute Gasteiger partial charge is 1.00 e. The van der Waals surface area contributed by atoms with Crippen molar-refractivity contribution in [3.8, 4) is 11.5 Å². The molecule has 1 aromatic carbocycles. The zero-order chi connectivity index (χ0) is 15.6. The summed E-state index contributed by atoms with van der Waals surface area (Å²) >= 11 is 0. The molecule has 0 N–H and O–H groups in total. The van der Waals surface area contributed by atoms with Crippen LogP contribution in [0, 0.1) is 0 Å². The van der Waals surface area contributed by atoms with E-state index in [0.717, 1.165) is 5.56 Å². The molecule has 1 aromatic rings. The van der Waals surface area contributed by atoms with Crippen molar-refractivity contribution in [2.75, 3.05) is 13.7 Å². The molecule has 0 aromatic heterocycles. The fourth-order valence-electron chi connectivity index (χ4n) is 1.61. The molecule has 21 heavy (non-hydrogen) atoms. The minimum atomic E-state index is -5.07. The third-order valence-corrected chi connectivity index (χ3v) is 2.87. The van der Waals surface area contributed by atoms with Crippen molar-refractivity contribution in [2.24, 2.45) is 0 Å². The minimum Gasteiger partial charge on any atom is -0.497 e. The molecule has 0 heterocycles. The van der Waals surface area contributed by atoms with E-state index in [9.17, 15) is 12.9 Å². The first-order valence-corrected chi connectivity index (χ1v) is 6.24. The second-order valence-electron chi connectivity index (χ2n) is 5.63. The van der Waals surface area contributed by atoms with Crippen LogP contribution < -0.4 is 60.9 Å². The Balaban J connectivity index is 0.00000400. The number of halogens is 3. The van der Waals surface area contributed by atoms with Gasteiger partial charge in [-0.25, -0.2) is 0 Å². The minimum absolute atomic E-state index is 0. The van der Waals surface area contributed by atoms with Gasteiger partial charge in [0.1, 0.15) is 11.5 Å². The first-order valence-electron chi connectivity index (χ1n) is 6.24. The van der Waals surface area contributed by atoms with Crippen molar-refractivity contribution in [3.05, 3.63) is 35.8 Å². The summed E-state index contributed by atoms with van der Waals surface area (Å²) in [6.07, 6.45) is 0. The van der Waals surface area contributed by atoms with Gasteiger partial charge in [-0.05, 0) is 23.6 Å². The van der Waals surface area contributed by atoms with Crippen LogP contribution in [0.15, 0.2) is 30.3 Å². The molecule has 0 saturated carbocycles. The molecule has 0 bridgehead atoms. The van der Waals surface area contributed by atoms with E-state index in [0.29, 0.717) is 11.5 Å². The number of ether oxygens (including phenoxy) is 2. The van der Waals surface area contributed by atoms with Crippen LogP contribution in [0.3, 0.4) is 0 Å². The Morgan fingerprint density at radius 1 is 1.24 bits per heavy atom. The third-order valence-electron chi connectivity index (χ3n) is 2.87. The Morgan fingerprint density at radius 2 is 1.81 bits per heavy atom. The van der Waals surface area contributed by atoms with Gasteiger partial charge in [-0.2, -0.15) is 0 Å². The van der Waals surface area contributed by atoms with Crippen LogP contribution in [-0.2, 0) is 5.41 Å². The van der Waals surface area contributed by atoms with Crippen LogP contribution in [-0.4, -0.2) is 20.7 Å². The maximum atomic E-state index is 12.5. The summed E-state index contributed by atoms with van der Waals surface area (Å²) in [4.78, 5) is 0. The van der Waals surface area contributed by atoms with E-state index in [4.69, 9.17) is 9.47 Å². The zero-order valence-corrected chi connectivity index (χ0v) is 16.3. The first kappa shape index (κ1) is 21.1. The summed E-state index contributed by atoms with van der Waals surface area (Å²) in [5.74, 6) is 1.06. The quantitative estimate of drug-likeness (QED) is 0.760. The molecule has 0 saturated heterocycles. The predicted octanol–water partition coefficient (Wildman–Crippen LogP) is 1.32. The van der Waals surface area contributed by atoms with Gasteiger partial charge >= 0.3 is 58.4 Å². The Kier molecular flexibility index (Phi) is 8.08. The molecule has 0 unspecified atom stereocenters. The molecular weight excluding hydrogens is 307 g/mol. The monoisotopic (exact) mass is 326 g/mol. The smallest absolute Gasteiger partial charge is 0.497 e. The molecule has 0 spiro atoms. The van der Waals surface area contributed by atoms with Crippen molar-refractivity contribution >= 4 is 6.98 Å². The van der Waals surface area contributed by atoms with Gasteiger partial charge in [-0.3, -0.25) is 0 Å². The first-order chi connectivity index (χ1) is 9.05. The van der Waals surface area contributed by atoms with Crippen LogP contribution in [0.2, 0.25) is 0 Å². The second-order valence-corrected chi connectivity index (χ2v) is 5.63. The number of methoxy groups -OCH3 is 1. The maximum absolute atomic E-state index is 12.5. The molecule has 2 nitrogen and oxygen atoms in total. The molecule has 112 valence electrons.